The lowest BCUT2D eigenvalue weighted by Crippen LogP contribution is -2.50. The number of aromatic nitrogens is 5. The summed E-state index contributed by atoms with van der Waals surface area (Å²) in [6.07, 6.45) is 3.20. The number of phenolic OH excluding ortho intramolecular Hbond substituents is 3. The summed E-state index contributed by atoms with van der Waals surface area (Å²) in [5, 5.41) is 38.7. The largest absolute Gasteiger partial charge is 0.508 e. The van der Waals surface area contributed by atoms with Crippen molar-refractivity contribution >= 4 is 23.0 Å². The normalized spacial score (nSPS) is 17.2. The van der Waals surface area contributed by atoms with Crippen LogP contribution in [0, 0.1) is 5.92 Å². The maximum Gasteiger partial charge on any atom is 0.411 e. The zero-order valence-electron chi connectivity index (χ0n) is 35.0. The Labute approximate surface area is 356 Å². The lowest BCUT2D eigenvalue weighted by atomic mass is 9.85. The van der Waals surface area contributed by atoms with Crippen LogP contribution in [-0.2, 0) is 45.9 Å². The van der Waals surface area contributed by atoms with Gasteiger partial charge in [0.05, 0.1) is 40.3 Å². The predicted molar refractivity (Wildman–Crippen MR) is 229 cm³/mol. The van der Waals surface area contributed by atoms with E-state index in [0.717, 1.165) is 47.8 Å². The number of piperidine rings is 1. The standard InChI is InChI=1S/C47H48N6O9/c1-5-30-32-19-29(54)13-14-37(32)48-41-34(30)23-52-38(41)21-36-35(43(52)57)24-61-44(58)47(36,6-2)62-46(60)51-17-15-27(16-18-51)8-7-26-9-11-28(12-10-26)53-42(49-50-45(53)59)33-20-31(25(3)4)39(55)22-40(33)56/h9-14,19-22,25,27,54-56H,5-8,15-18,23-24H2,1-4H3,(H,50,59). The second-order valence-corrected chi connectivity index (χ2v) is 16.8. The highest BCUT2D eigenvalue weighted by Gasteiger charge is 2.51. The smallest absolute Gasteiger partial charge is 0.411 e. The topological polar surface area (TPSA) is 202 Å². The van der Waals surface area contributed by atoms with E-state index in [9.17, 15) is 34.5 Å². The van der Waals surface area contributed by atoms with Crippen molar-refractivity contribution in [1.29, 1.82) is 0 Å². The van der Waals surface area contributed by atoms with Gasteiger partial charge in [-0.25, -0.2) is 29.0 Å². The van der Waals surface area contributed by atoms with Crippen LogP contribution in [0.1, 0.15) is 92.7 Å². The van der Waals surface area contributed by atoms with Crippen molar-refractivity contribution in [3.8, 4) is 45.7 Å². The molecule has 9 rings (SSSR count). The van der Waals surface area contributed by atoms with Crippen molar-refractivity contribution in [3.05, 3.63) is 115 Å². The van der Waals surface area contributed by atoms with Gasteiger partial charge in [0.25, 0.3) is 5.56 Å². The number of pyridine rings is 2. The molecule has 0 radical (unpaired) electrons. The number of H-pyrrole nitrogens is 1. The van der Waals surface area contributed by atoms with Gasteiger partial charge < -0.3 is 34.3 Å². The number of nitrogens with zero attached hydrogens (tertiary/aromatic N) is 5. The number of nitrogens with one attached hydrogen (secondary N) is 1. The average Bonchev–Trinajstić information content (AvgIpc) is 3.83. The van der Waals surface area contributed by atoms with Crippen LogP contribution in [-0.4, -0.2) is 69.7 Å². The molecule has 15 nitrogen and oxygen atoms in total. The van der Waals surface area contributed by atoms with E-state index in [4.69, 9.17) is 14.5 Å². The highest BCUT2D eigenvalue weighted by Crippen LogP contribution is 2.43. The summed E-state index contributed by atoms with van der Waals surface area (Å²) >= 11 is 0. The number of aryl methyl sites for hydroxylation is 2. The molecule has 1 atom stereocenters. The fourth-order valence-corrected chi connectivity index (χ4v) is 9.46. The second-order valence-electron chi connectivity index (χ2n) is 16.8. The Morgan fingerprint density at radius 2 is 1.73 bits per heavy atom. The van der Waals surface area contributed by atoms with Crippen LogP contribution in [0.2, 0.25) is 0 Å². The summed E-state index contributed by atoms with van der Waals surface area (Å²) in [5.74, 6) is -0.268. The summed E-state index contributed by atoms with van der Waals surface area (Å²) in [6.45, 7) is 8.53. The maximum atomic E-state index is 14.1. The second kappa shape index (κ2) is 15.5. The molecule has 3 aliphatic heterocycles. The summed E-state index contributed by atoms with van der Waals surface area (Å²) in [4.78, 5) is 61.2. The van der Waals surface area contributed by atoms with Crippen LogP contribution in [0.4, 0.5) is 4.79 Å². The van der Waals surface area contributed by atoms with Gasteiger partial charge in [-0.2, -0.15) is 5.10 Å². The van der Waals surface area contributed by atoms with E-state index in [1.807, 2.05) is 45.0 Å². The summed E-state index contributed by atoms with van der Waals surface area (Å²) in [7, 11) is 0. The Morgan fingerprint density at radius 3 is 2.44 bits per heavy atom. The van der Waals surface area contributed by atoms with E-state index in [2.05, 4.69) is 10.2 Å². The molecule has 1 fully saturated rings. The Kier molecular flexibility index (Phi) is 10.1. The van der Waals surface area contributed by atoms with Gasteiger partial charge in [0.1, 0.15) is 23.9 Å². The molecule has 3 aromatic carbocycles. The van der Waals surface area contributed by atoms with Gasteiger partial charge in [-0.05, 0) is 110 Å². The SMILES string of the molecule is CCc1c2c(nc3ccc(O)cc13)-c1cc3c(c(=O)n1C2)COC(=O)C3(CC)OC(=O)N1CCC(CCc2ccc(-n3c(-c4cc(C(C)C)c(O)cc4O)n[nH]c3=O)cc2)CC1. The minimum Gasteiger partial charge on any atom is -0.508 e. The number of fused-ring (bicyclic) bond motifs is 5. The molecule has 3 aliphatic rings. The monoisotopic (exact) mass is 840 g/mol. The van der Waals surface area contributed by atoms with Crippen LogP contribution in [0.3, 0.4) is 0 Å². The number of rotatable bonds is 9. The van der Waals surface area contributed by atoms with Gasteiger partial charge in [-0.15, -0.1) is 0 Å². The summed E-state index contributed by atoms with van der Waals surface area (Å²) in [6, 6.07) is 17.3. The fourth-order valence-electron chi connectivity index (χ4n) is 9.46. The molecular weight excluding hydrogens is 793 g/mol. The van der Waals surface area contributed by atoms with Gasteiger partial charge in [0.15, 0.2) is 5.82 Å². The van der Waals surface area contributed by atoms with Crippen LogP contribution in [0.25, 0.3) is 39.4 Å². The number of likely N-dealkylation sites (tertiary alicyclic amines) is 1. The van der Waals surface area contributed by atoms with Crippen LogP contribution < -0.4 is 11.2 Å². The van der Waals surface area contributed by atoms with E-state index >= 15 is 0 Å². The van der Waals surface area contributed by atoms with Crippen molar-refractivity contribution in [1.82, 2.24) is 29.2 Å². The van der Waals surface area contributed by atoms with Crippen molar-refractivity contribution in [3.63, 3.8) is 0 Å². The van der Waals surface area contributed by atoms with Gasteiger partial charge in [0.2, 0.25) is 5.60 Å². The molecule has 0 aliphatic carbocycles. The van der Waals surface area contributed by atoms with Crippen LogP contribution in [0.15, 0.2) is 70.3 Å². The molecule has 4 N–H and O–H groups in total. The van der Waals surface area contributed by atoms with E-state index in [1.165, 1.54) is 10.6 Å². The third kappa shape index (κ3) is 6.66. The minimum atomic E-state index is -1.81. The molecular formula is C47H48N6O9. The third-order valence-corrected chi connectivity index (χ3v) is 13.0. The Balaban J connectivity index is 0.879. The number of amides is 1. The Morgan fingerprint density at radius 1 is 0.968 bits per heavy atom. The highest BCUT2D eigenvalue weighted by atomic mass is 16.6. The number of carbonyl (C=O) groups excluding carboxylic acids is 2. The molecule has 15 heteroatoms. The molecule has 0 spiro atoms. The van der Waals surface area contributed by atoms with E-state index in [1.54, 1.807) is 46.7 Å². The lowest BCUT2D eigenvalue weighted by molar-refractivity contribution is -0.173. The first-order valence-electron chi connectivity index (χ1n) is 21.2. The number of aromatic hydroxyl groups is 3. The molecule has 320 valence electrons. The van der Waals surface area contributed by atoms with Crippen LogP contribution >= 0.6 is 0 Å². The van der Waals surface area contributed by atoms with E-state index in [-0.39, 0.29) is 59.7 Å². The number of aromatic amines is 1. The van der Waals surface area contributed by atoms with E-state index in [0.29, 0.717) is 64.7 Å². The molecule has 3 aromatic heterocycles. The molecule has 62 heavy (non-hydrogen) atoms. The van der Waals surface area contributed by atoms with Crippen molar-refractivity contribution in [2.45, 2.75) is 90.9 Å². The van der Waals surface area contributed by atoms with Crippen molar-refractivity contribution in [2.75, 3.05) is 13.1 Å². The number of esters is 1. The predicted octanol–water partition coefficient (Wildman–Crippen LogP) is 6.91. The number of carbonyl (C=O) groups is 2. The van der Waals surface area contributed by atoms with Gasteiger partial charge in [-0.1, -0.05) is 39.8 Å². The first-order valence-corrected chi connectivity index (χ1v) is 21.2. The molecule has 1 saturated heterocycles. The molecule has 1 unspecified atom stereocenters. The number of benzene rings is 3. The zero-order chi connectivity index (χ0) is 43.6. The summed E-state index contributed by atoms with van der Waals surface area (Å²) in [5.41, 5.74) is 4.30. The Hall–Kier alpha value is -6.90. The van der Waals surface area contributed by atoms with E-state index < -0.39 is 23.4 Å². The van der Waals surface area contributed by atoms with Crippen molar-refractivity contribution in [2.24, 2.45) is 5.92 Å². The number of phenols is 3. The maximum absolute atomic E-state index is 14.1. The van der Waals surface area contributed by atoms with Gasteiger partial charge in [-0.3, -0.25) is 4.79 Å². The Bertz CT molecular complexity index is 2910. The third-order valence-electron chi connectivity index (χ3n) is 13.0. The first-order chi connectivity index (χ1) is 29.8. The van der Waals surface area contributed by atoms with Crippen molar-refractivity contribution < 1.29 is 34.4 Å². The summed E-state index contributed by atoms with van der Waals surface area (Å²) < 4.78 is 14.8. The highest BCUT2D eigenvalue weighted by molar-refractivity contribution is 5.90. The number of cyclic esters (lactones) is 1. The van der Waals surface area contributed by atoms with Gasteiger partial charge >= 0.3 is 17.8 Å². The molecule has 0 bridgehead atoms. The molecule has 6 heterocycles. The lowest BCUT2D eigenvalue weighted by Gasteiger charge is -2.38. The number of hydrogen-bond acceptors (Lipinski definition) is 11. The molecule has 1 amide bonds. The van der Waals surface area contributed by atoms with Crippen LogP contribution in [0.5, 0.6) is 17.2 Å². The van der Waals surface area contributed by atoms with Gasteiger partial charge in [0, 0.05) is 35.7 Å². The molecule has 6 aromatic rings. The minimum absolute atomic E-state index is 0.0229. The zero-order valence-corrected chi connectivity index (χ0v) is 35.0. The fraction of sp³-hybridized carbons (Fsp3) is 0.362. The first kappa shape index (κ1) is 40.5. The number of hydrogen-bond donors (Lipinski definition) is 4. The number of ether oxygens (including phenoxy) is 2. The average molecular weight is 841 g/mol. The quantitative estimate of drug-likeness (QED) is 0.110. The molecule has 0 saturated carbocycles.